The van der Waals surface area contributed by atoms with Crippen LogP contribution in [0.15, 0.2) is 12.4 Å². The lowest BCUT2D eigenvalue weighted by molar-refractivity contribution is 0.530. The van der Waals surface area contributed by atoms with Crippen molar-refractivity contribution >= 4 is 11.3 Å². The van der Waals surface area contributed by atoms with E-state index in [1.54, 1.807) is 0 Å². The second-order valence-corrected chi connectivity index (χ2v) is 7.36. The van der Waals surface area contributed by atoms with Gasteiger partial charge in [0.15, 0.2) is 0 Å². The van der Waals surface area contributed by atoms with Crippen LogP contribution in [0.25, 0.3) is 0 Å². The van der Waals surface area contributed by atoms with Crippen LogP contribution >= 0.6 is 11.3 Å². The molecule has 1 atom stereocenters. The van der Waals surface area contributed by atoms with Gasteiger partial charge in [0, 0.05) is 28.7 Å². The number of hydrogen-bond donors (Lipinski definition) is 1. The van der Waals surface area contributed by atoms with Crippen molar-refractivity contribution in [1.82, 2.24) is 20.1 Å². The van der Waals surface area contributed by atoms with Gasteiger partial charge in [-0.3, -0.25) is 4.68 Å². The van der Waals surface area contributed by atoms with Crippen molar-refractivity contribution in [2.24, 2.45) is 0 Å². The zero-order chi connectivity index (χ0) is 15.0. The number of nitrogens with zero attached hydrogens (tertiary/aromatic N) is 3. The molecule has 5 heteroatoms. The molecule has 1 aliphatic carbocycles. The number of hydrogen-bond acceptors (Lipinski definition) is 4. The Kier molecular flexibility index (Phi) is 4.13. The van der Waals surface area contributed by atoms with Gasteiger partial charge in [-0.15, -0.1) is 11.3 Å². The third-order valence-electron chi connectivity index (χ3n) is 3.95. The Morgan fingerprint density at radius 3 is 2.71 bits per heavy atom. The van der Waals surface area contributed by atoms with Gasteiger partial charge in [-0.25, -0.2) is 4.98 Å². The molecule has 1 aliphatic rings. The van der Waals surface area contributed by atoms with Crippen LogP contribution in [0, 0.1) is 6.92 Å². The molecule has 0 radical (unpaired) electrons. The zero-order valence-electron chi connectivity index (χ0n) is 13.3. The first-order valence-corrected chi connectivity index (χ1v) is 8.66. The molecular formula is C16H24N4S. The summed E-state index contributed by atoms with van der Waals surface area (Å²) in [6, 6.07) is 1.23. The summed E-state index contributed by atoms with van der Waals surface area (Å²) < 4.78 is 2.03. The molecule has 1 fully saturated rings. The molecule has 1 saturated carbocycles. The zero-order valence-corrected chi connectivity index (χ0v) is 14.1. The topological polar surface area (TPSA) is 42.7 Å². The first-order valence-electron chi connectivity index (χ1n) is 7.84. The van der Waals surface area contributed by atoms with Crippen LogP contribution in [-0.4, -0.2) is 20.8 Å². The number of aromatic nitrogens is 3. The van der Waals surface area contributed by atoms with Gasteiger partial charge in [-0.2, -0.15) is 5.10 Å². The smallest absolute Gasteiger partial charge is 0.115 e. The fourth-order valence-corrected chi connectivity index (χ4v) is 3.58. The molecule has 2 aromatic rings. The normalized spacial score (nSPS) is 16.6. The summed E-state index contributed by atoms with van der Waals surface area (Å²) in [6.45, 7) is 8.66. The predicted molar refractivity (Wildman–Crippen MR) is 86.8 cm³/mol. The Labute approximate surface area is 130 Å². The summed E-state index contributed by atoms with van der Waals surface area (Å²) >= 11 is 1.82. The van der Waals surface area contributed by atoms with Crippen molar-refractivity contribution in [3.05, 3.63) is 33.5 Å². The predicted octanol–water partition coefficient (Wildman–Crippen LogP) is 3.63. The van der Waals surface area contributed by atoms with Gasteiger partial charge in [0.05, 0.1) is 17.9 Å². The van der Waals surface area contributed by atoms with E-state index in [1.165, 1.54) is 34.0 Å². The van der Waals surface area contributed by atoms with E-state index in [2.05, 4.69) is 44.3 Å². The lowest BCUT2D eigenvalue weighted by Crippen LogP contribution is -2.24. The van der Waals surface area contributed by atoms with Gasteiger partial charge >= 0.3 is 0 Å². The molecule has 2 aromatic heterocycles. The van der Waals surface area contributed by atoms with E-state index in [0.717, 1.165) is 6.42 Å². The molecule has 4 nitrogen and oxygen atoms in total. The molecule has 1 unspecified atom stereocenters. The van der Waals surface area contributed by atoms with Crippen LogP contribution in [0.3, 0.4) is 0 Å². The molecule has 2 heterocycles. The van der Waals surface area contributed by atoms with Crippen LogP contribution in [0.1, 0.15) is 66.8 Å². The van der Waals surface area contributed by atoms with Crippen molar-refractivity contribution in [2.45, 2.75) is 65.1 Å². The molecular weight excluding hydrogens is 280 g/mol. The molecule has 0 amide bonds. The highest BCUT2D eigenvalue weighted by molar-refractivity contribution is 7.11. The van der Waals surface area contributed by atoms with Crippen molar-refractivity contribution in [1.29, 1.82) is 0 Å². The third kappa shape index (κ3) is 3.19. The number of nitrogens with one attached hydrogen (secondary N) is 1. The second-order valence-electron chi connectivity index (χ2n) is 6.13. The molecule has 114 valence electrons. The van der Waals surface area contributed by atoms with E-state index in [-0.39, 0.29) is 6.04 Å². The Morgan fingerprint density at radius 1 is 1.43 bits per heavy atom. The molecule has 3 rings (SSSR count). The molecule has 1 N–H and O–H groups in total. The maximum absolute atomic E-state index is 4.86. The molecule has 21 heavy (non-hydrogen) atoms. The minimum absolute atomic E-state index is 0.189. The maximum Gasteiger partial charge on any atom is 0.115 e. The summed E-state index contributed by atoms with van der Waals surface area (Å²) in [5.74, 6) is 0. The third-order valence-corrected chi connectivity index (χ3v) is 5.03. The van der Waals surface area contributed by atoms with Crippen LogP contribution in [0.2, 0.25) is 0 Å². The van der Waals surface area contributed by atoms with Crippen molar-refractivity contribution in [3.63, 3.8) is 0 Å². The van der Waals surface area contributed by atoms with Crippen molar-refractivity contribution in [2.75, 3.05) is 0 Å². The summed E-state index contributed by atoms with van der Waals surface area (Å²) in [4.78, 5) is 6.20. The highest BCUT2D eigenvalue weighted by Gasteiger charge is 2.29. The number of aryl methyl sites for hydroxylation is 2. The first-order chi connectivity index (χ1) is 10.1. The van der Waals surface area contributed by atoms with E-state index < -0.39 is 0 Å². The van der Waals surface area contributed by atoms with E-state index in [1.807, 2.05) is 22.2 Å². The molecule has 0 saturated heterocycles. The fourth-order valence-electron chi connectivity index (χ4n) is 2.48. The van der Waals surface area contributed by atoms with Crippen molar-refractivity contribution < 1.29 is 0 Å². The standard InChI is InChI=1S/C16H24N4S/c1-5-14-11(4)21-16(19-14)15(18-13-6-7-13)12-8-17-20(9-12)10(2)3/h8-10,13,15,18H,5-7H2,1-4H3. The highest BCUT2D eigenvalue weighted by atomic mass is 32.1. The van der Waals surface area contributed by atoms with Crippen molar-refractivity contribution in [3.8, 4) is 0 Å². The van der Waals surface area contributed by atoms with Crippen LogP contribution < -0.4 is 5.32 Å². The van der Waals surface area contributed by atoms with Gasteiger partial charge in [0.25, 0.3) is 0 Å². The molecule has 0 aliphatic heterocycles. The summed E-state index contributed by atoms with van der Waals surface area (Å²) in [5, 5.41) is 9.41. The monoisotopic (exact) mass is 304 g/mol. The second kappa shape index (κ2) is 5.89. The van der Waals surface area contributed by atoms with Gasteiger partial charge < -0.3 is 5.32 Å². The summed E-state index contributed by atoms with van der Waals surface area (Å²) in [7, 11) is 0. The minimum Gasteiger partial charge on any atom is -0.301 e. The number of rotatable bonds is 6. The Hall–Kier alpha value is -1.20. The van der Waals surface area contributed by atoms with Gasteiger partial charge in [-0.1, -0.05) is 6.92 Å². The van der Waals surface area contributed by atoms with E-state index in [4.69, 9.17) is 4.98 Å². The Balaban J connectivity index is 1.91. The molecule has 0 bridgehead atoms. The van der Waals surface area contributed by atoms with Crippen LogP contribution in [0.5, 0.6) is 0 Å². The van der Waals surface area contributed by atoms with E-state index in [9.17, 15) is 0 Å². The Morgan fingerprint density at radius 2 is 2.19 bits per heavy atom. The quantitative estimate of drug-likeness (QED) is 0.886. The van der Waals surface area contributed by atoms with Gasteiger partial charge in [0.2, 0.25) is 0 Å². The van der Waals surface area contributed by atoms with E-state index in [0.29, 0.717) is 12.1 Å². The van der Waals surface area contributed by atoms with Crippen LogP contribution in [-0.2, 0) is 6.42 Å². The van der Waals surface area contributed by atoms with E-state index >= 15 is 0 Å². The lowest BCUT2D eigenvalue weighted by atomic mass is 10.1. The van der Waals surface area contributed by atoms with Gasteiger partial charge in [-0.05, 0) is 40.0 Å². The fraction of sp³-hybridized carbons (Fsp3) is 0.625. The molecule has 0 aromatic carbocycles. The lowest BCUT2D eigenvalue weighted by Gasteiger charge is -2.14. The Bertz CT molecular complexity index is 610. The largest absolute Gasteiger partial charge is 0.301 e. The SMILES string of the molecule is CCc1nc(C(NC2CC2)c2cnn(C(C)C)c2)sc1C. The maximum atomic E-state index is 4.86. The summed E-state index contributed by atoms with van der Waals surface area (Å²) in [6.07, 6.45) is 7.71. The highest BCUT2D eigenvalue weighted by Crippen LogP contribution is 2.32. The molecule has 0 spiro atoms. The number of thiazole rings is 1. The van der Waals surface area contributed by atoms with Gasteiger partial charge in [0.1, 0.15) is 5.01 Å². The average Bonchev–Trinajstić information content (AvgIpc) is 3.00. The van der Waals surface area contributed by atoms with Crippen LogP contribution in [0.4, 0.5) is 0 Å². The average molecular weight is 304 g/mol. The first kappa shape index (κ1) is 14.7. The minimum atomic E-state index is 0.189. The summed E-state index contributed by atoms with van der Waals surface area (Å²) in [5.41, 5.74) is 2.46.